The Morgan fingerprint density at radius 3 is 2.44 bits per heavy atom. The molecule has 0 bridgehead atoms. The average Bonchev–Trinajstić information content (AvgIpc) is 3.48. The first kappa shape index (κ1) is 32.2. The Labute approximate surface area is 254 Å². The van der Waals surface area contributed by atoms with Gasteiger partial charge in [0.05, 0.1) is 58.6 Å². The second-order valence-electron chi connectivity index (χ2n) is 9.43. The van der Waals surface area contributed by atoms with E-state index in [4.69, 9.17) is 28.4 Å². The summed E-state index contributed by atoms with van der Waals surface area (Å²) in [7, 11) is 7.62. The number of hydroxylamine groups is 2. The fourth-order valence-electron chi connectivity index (χ4n) is 4.82. The van der Waals surface area contributed by atoms with Gasteiger partial charge in [0.1, 0.15) is 6.61 Å². The molecule has 2 heterocycles. The number of rotatable bonds is 11. The van der Waals surface area contributed by atoms with Crippen molar-refractivity contribution >= 4 is 6.03 Å². The molecule has 1 aromatic carbocycles. The topological polar surface area (TPSA) is 121 Å². The molecule has 0 saturated carbocycles. The van der Waals surface area contributed by atoms with E-state index in [2.05, 4.69) is 16.4 Å². The first-order chi connectivity index (χ1) is 19.4. The molecule has 12 heteroatoms. The van der Waals surface area contributed by atoms with Crippen LogP contribution in [0.4, 0.5) is 4.79 Å². The third kappa shape index (κ3) is 7.93. The minimum Gasteiger partial charge on any atom is -0.574 e. The van der Waals surface area contributed by atoms with Crippen LogP contribution in [0.15, 0.2) is 47.9 Å². The van der Waals surface area contributed by atoms with E-state index < -0.39 is 6.03 Å². The van der Waals surface area contributed by atoms with Gasteiger partial charge in [-0.15, -0.1) is 0 Å². The summed E-state index contributed by atoms with van der Waals surface area (Å²) in [6.07, 6.45) is 7.40. The van der Waals surface area contributed by atoms with Crippen LogP contribution in [0.2, 0.25) is 0 Å². The summed E-state index contributed by atoms with van der Waals surface area (Å²) >= 11 is 0. The van der Waals surface area contributed by atoms with Crippen LogP contribution < -0.4 is 19.5 Å². The molecule has 1 aliphatic carbocycles. The van der Waals surface area contributed by atoms with Gasteiger partial charge >= 0.3 is 6.03 Å². The Morgan fingerprint density at radius 2 is 1.80 bits per heavy atom. The van der Waals surface area contributed by atoms with Crippen LogP contribution in [-0.2, 0) is 48.4 Å². The molecule has 11 nitrogen and oxygen atoms in total. The number of carbonyl (C=O) groups is 1. The van der Waals surface area contributed by atoms with E-state index in [9.17, 15) is 10.0 Å². The number of benzene rings is 1. The van der Waals surface area contributed by atoms with Crippen LogP contribution in [0.1, 0.15) is 42.3 Å². The van der Waals surface area contributed by atoms with E-state index >= 15 is 0 Å². The Kier molecular flexibility index (Phi) is 11.9. The third-order valence-electron chi connectivity index (χ3n) is 6.87. The van der Waals surface area contributed by atoms with E-state index in [-0.39, 0.29) is 52.3 Å². The predicted molar refractivity (Wildman–Crippen MR) is 144 cm³/mol. The summed E-state index contributed by atoms with van der Waals surface area (Å²) in [5.41, 5.74) is 2.30. The number of aromatic nitrogens is 1. The van der Waals surface area contributed by atoms with Crippen molar-refractivity contribution in [2.24, 2.45) is 5.92 Å². The van der Waals surface area contributed by atoms with Gasteiger partial charge in [-0.3, -0.25) is 10.2 Å². The summed E-state index contributed by atoms with van der Waals surface area (Å²) in [6.45, 7) is 0.395. The van der Waals surface area contributed by atoms with Crippen molar-refractivity contribution in [2.45, 2.75) is 44.6 Å². The number of nitrogens with one attached hydrogen (secondary N) is 1. The van der Waals surface area contributed by atoms with Crippen LogP contribution in [0.5, 0.6) is 17.2 Å². The van der Waals surface area contributed by atoms with Crippen molar-refractivity contribution in [1.82, 2.24) is 15.4 Å². The molecule has 2 N–H and O–H groups in total. The van der Waals surface area contributed by atoms with Crippen LogP contribution in [0, 0.1) is 12.0 Å². The zero-order valence-corrected chi connectivity index (χ0v) is 26.8. The molecule has 2 aromatic rings. The number of hydrogen-bond acceptors (Lipinski definition) is 9. The van der Waals surface area contributed by atoms with Crippen molar-refractivity contribution < 1.29 is 59.5 Å². The molecule has 1 aromatic heterocycles. The molecule has 1 fully saturated rings. The normalized spacial score (nSPS) is 19.7. The third-order valence-corrected chi connectivity index (χ3v) is 6.87. The molecule has 0 radical (unpaired) electrons. The Bertz CT molecular complexity index is 1230. The number of allylic oxidation sites excluding steroid dienone is 2. The maximum atomic E-state index is 11.6. The fraction of sp³-hybridized carbons (Fsp3) is 0.448. The van der Waals surface area contributed by atoms with Gasteiger partial charge in [0, 0.05) is 28.1 Å². The summed E-state index contributed by atoms with van der Waals surface area (Å²) in [5.74, 6) is 3.03. The molecule has 2 aliphatic rings. The fourth-order valence-corrected chi connectivity index (χ4v) is 4.82. The molecular weight excluding hydrogens is 702 g/mol. The van der Waals surface area contributed by atoms with E-state index in [1.165, 1.54) is 7.05 Å². The van der Waals surface area contributed by atoms with E-state index in [1.807, 2.05) is 30.3 Å². The van der Waals surface area contributed by atoms with Gasteiger partial charge in [0.2, 0.25) is 5.75 Å². The van der Waals surface area contributed by atoms with E-state index in [1.54, 1.807) is 34.5 Å². The number of nitrogens with zero attached hydrogens (tertiary/aromatic N) is 2. The van der Waals surface area contributed by atoms with E-state index in [0.29, 0.717) is 51.6 Å². The minimum atomic E-state index is -0.615. The van der Waals surface area contributed by atoms with E-state index in [0.717, 1.165) is 18.4 Å². The van der Waals surface area contributed by atoms with Crippen LogP contribution in [0.25, 0.3) is 0 Å². The van der Waals surface area contributed by atoms with Crippen molar-refractivity contribution in [1.29, 1.82) is 0 Å². The van der Waals surface area contributed by atoms with Gasteiger partial charge in [-0.1, -0.05) is 12.5 Å². The number of ether oxygens (including phenoxy) is 6. The first-order valence-electron chi connectivity index (χ1n) is 13.0. The maximum absolute atomic E-state index is 11.6. The summed E-state index contributed by atoms with van der Waals surface area (Å²) < 4.78 is 34.7. The number of urea groups is 1. The van der Waals surface area contributed by atoms with Gasteiger partial charge in [0.15, 0.2) is 11.5 Å². The largest absolute Gasteiger partial charge is 0.574 e. The maximum Gasteiger partial charge on any atom is 0.341 e. The van der Waals surface area contributed by atoms with Gasteiger partial charge < -0.3 is 33.7 Å². The first-order valence-corrected chi connectivity index (χ1v) is 13.0. The second kappa shape index (κ2) is 15.1. The standard InChI is InChI=1S/C29H36N3O8.W/c1-32(34)29(33)30-16-20-7-6-8-21(31-20)17-39-25-13-18(9-10-24(25)35-2)22-11-12-23(40-22)19-14-26(36-3)28(38-5)27(15-19)37-4;/h6-9,14-15,18,22-23,34H,11-13,16-17H2,1-5H3,(H,30,33);/q-1;. The molecule has 0 spiro atoms. The molecule has 3 unspecified atom stereocenters. The number of carbonyl (C=O) groups excluding carboxylic acids is 1. The molecule has 1 aliphatic heterocycles. The number of amides is 2. The number of methoxy groups -OCH3 is 4. The minimum absolute atomic E-state index is 0. The zero-order valence-electron chi connectivity index (χ0n) is 23.8. The van der Waals surface area contributed by atoms with Gasteiger partial charge in [0.25, 0.3) is 0 Å². The van der Waals surface area contributed by atoms with Crippen LogP contribution in [0.3, 0.4) is 0 Å². The molecule has 1 saturated heterocycles. The van der Waals surface area contributed by atoms with Gasteiger partial charge in [-0.05, 0) is 60.1 Å². The second-order valence-corrected chi connectivity index (χ2v) is 9.43. The zero-order chi connectivity index (χ0) is 28.6. The Hall–Kier alpha value is -3.27. The molecular formula is C29H36N3O8W-. The van der Waals surface area contributed by atoms with Crippen molar-refractivity contribution in [3.63, 3.8) is 0 Å². The molecule has 41 heavy (non-hydrogen) atoms. The number of pyridine rings is 1. The molecule has 4 rings (SSSR count). The van der Waals surface area contributed by atoms with Gasteiger partial charge in [-0.2, -0.15) is 6.08 Å². The quantitative estimate of drug-likeness (QED) is 0.198. The van der Waals surface area contributed by atoms with Crippen molar-refractivity contribution in [3.05, 3.63) is 71.0 Å². The summed E-state index contributed by atoms with van der Waals surface area (Å²) in [5, 5.41) is 12.3. The smallest absolute Gasteiger partial charge is 0.341 e. The summed E-state index contributed by atoms with van der Waals surface area (Å²) in [6, 6.07) is 8.73. The Balaban J connectivity index is 0.00000462. The summed E-state index contributed by atoms with van der Waals surface area (Å²) in [4.78, 5) is 16.1. The molecule has 2 amide bonds. The molecule has 222 valence electrons. The predicted octanol–water partition coefficient (Wildman–Crippen LogP) is 4.31. The SMILES string of the molecule is COC1=C(OCc2cccc(CNC(=O)N(C)O)n2)CC(C2CCC(c3cc(OC)c(OC)c(OC)c3)O2)C=[C-]1.[W]. The Morgan fingerprint density at radius 1 is 1.10 bits per heavy atom. The van der Waals surface area contributed by atoms with Crippen molar-refractivity contribution in [2.75, 3.05) is 35.5 Å². The number of hydrogen-bond donors (Lipinski definition) is 2. The molecule has 3 atom stereocenters. The van der Waals surface area contributed by atoms with Crippen LogP contribution in [-0.4, -0.2) is 62.9 Å². The van der Waals surface area contributed by atoms with Crippen LogP contribution >= 0.6 is 0 Å². The van der Waals surface area contributed by atoms with Gasteiger partial charge in [-0.25, -0.2) is 15.9 Å². The van der Waals surface area contributed by atoms with Crippen molar-refractivity contribution in [3.8, 4) is 17.2 Å². The average molecular weight is 738 g/mol. The monoisotopic (exact) mass is 738 g/mol.